The van der Waals surface area contributed by atoms with Crippen LogP contribution in [0.5, 0.6) is 0 Å². The standard InChI is InChI=1S/C24H30N8O4S2/c1-6-31(11-7-13-38(34,35)36)17-8-9-19(20(14-17)27-16(2)33)28-29-22-18(15-25)21(24(3,4)5)30-32(22)23-26-10-12-37-23/h8-10,12,14H,6-7,11,13H2,1-5H3,(H,27,33)(H,34,35,36). The molecule has 14 heteroatoms. The van der Waals surface area contributed by atoms with Crippen molar-refractivity contribution in [1.29, 1.82) is 5.26 Å². The molecule has 2 aromatic heterocycles. The minimum Gasteiger partial charge on any atom is -0.372 e. The summed E-state index contributed by atoms with van der Waals surface area (Å²) in [6.07, 6.45) is 1.87. The molecule has 0 unspecified atom stereocenters. The second-order valence-corrected chi connectivity index (χ2v) is 11.9. The lowest BCUT2D eigenvalue weighted by molar-refractivity contribution is -0.114. The molecule has 0 aliphatic rings. The maximum Gasteiger partial charge on any atom is 0.264 e. The van der Waals surface area contributed by atoms with Crippen molar-refractivity contribution in [2.24, 2.45) is 10.2 Å². The van der Waals surface area contributed by atoms with Gasteiger partial charge in [0.15, 0.2) is 5.82 Å². The number of azo groups is 1. The van der Waals surface area contributed by atoms with Crippen molar-refractivity contribution in [3.8, 4) is 11.2 Å². The van der Waals surface area contributed by atoms with Crippen molar-refractivity contribution in [2.45, 2.75) is 46.5 Å². The first-order chi connectivity index (χ1) is 17.8. The highest BCUT2D eigenvalue weighted by Gasteiger charge is 2.28. The Bertz CT molecular complexity index is 1470. The predicted molar refractivity (Wildman–Crippen MR) is 146 cm³/mol. The van der Waals surface area contributed by atoms with E-state index in [1.807, 2.05) is 32.6 Å². The maximum atomic E-state index is 11.9. The molecule has 0 radical (unpaired) electrons. The van der Waals surface area contributed by atoms with E-state index >= 15 is 0 Å². The van der Waals surface area contributed by atoms with Gasteiger partial charge in [-0.25, -0.2) is 4.98 Å². The van der Waals surface area contributed by atoms with E-state index in [0.717, 1.165) is 5.69 Å². The molecule has 0 aliphatic heterocycles. The average Bonchev–Trinajstić information content (AvgIpc) is 3.47. The van der Waals surface area contributed by atoms with Gasteiger partial charge >= 0.3 is 0 Å². The number of nitrogens with one attached hydrogen (secondary N) is 1. The van der Waals surface area contributed by atoms with Gasteiger partial charge in [0.25, 0.3) is 10.1 Å². The first kappa shape index (κ1) is 28.9. The van der Waals surface area contributed by atoms with Crippen molar-refractivity contribution < 1.29 is 17.8 Å². The number of amides is 1. The maximum absolute atomic E-state index is 11.9. The van der Waals surface area contributed by atoms with E-state index in [-0.39, 0.29) is 29.5 Å². The second-order valence-electron chi connectivity index (χ2n) is 9.44. The second kappa shape index (κ2) is 11.8. The molecular weight excluding hydrogens is 528 g/mol. The number of rotatable bonds is 10. The summed E-state index contributed by atoms with van der Waals surface area (Å²) >= 11 is 1.34. The van der Waals surface area contributed by atoms with Gasteiger partial charge in [0, 0.05) is 42.7 Å². The van der Waals surface area contributed by atoms with Crippen LogP contribution < -0.4 is 10.2 Å². The molecule has 3 rings (SSSR count). The monoisotopic (exact) mass is 558 g/mol. The average molecular weight is 559 g/mol. The smallest absolute Gasteiger partial charge is 0.264 e. The number of carbonyl (C=O) groups excluding carboxylic acids is 1. The Kier molecular flexibility index (Phi) is 8.97. The van der Waals surface area contributed by atoms with Gasteiger partial charge in [-0.2, -0.15) is 23.5 Å². The highest BCUT2D eigenvalue weighted by molar-refractivity contribution is 7.85. The molecule has 0 saturated heterocycles. The number of carbonyl (C=O) groups is 1. The molecule has 0 bridgehead atoms. The topological polar surface area (TPSA) is 166 Å². The minimum atomic E-state index is -4.05. The van der Waals surface area contributed by atoms with Gasteiger partial charge in [-0.1, -0.05) is 20.8 Å². The largest absolute Gasteiger partial charge is 0.372 e. The Balaban J connectivity index is 2.03. The van der Waals surface area contributed by atoms with E-state index in [2.05, 4.69) is 31.7 Å². The van der Waals surface area contributed by atoms with E-state index < -0.39 is 15.5 Å². The first-order valence-corrected chi connectivity index (χ1v) is 14.3. The van der Waals surface area contributed by atoms with Gasteiger partial charge < -0.3 is 10.2 Å². The molecule has 0 atom stereocenters. The molecule has 0 spiro atoms. The summed E-state index contributed by atoms with van der Waals surface area (Å²) in [7, 11) is -4.05. The molecule has 1 amide bonds. The fourth-order valence-corrected chi connectivity index (χ4v) is 4.78. The van der Waals surface area contributed by atoms with Crippen molar-refractivity contribution in [3.63, 3.8) is 0 Å². The first-order valence-electron chi connectivity index (χ1n) is 11.8. The van der Waals surface area contributed by atoms with Crippen LogP contribution in [0.25, 0.3) is 5.13 Å². The molecule has 2 heterocycles. The summed E-state index contributed by atoms with van der Waals surface area (Å²) in [5, 5.41) is 28.4. The number of thiazole rings is 1. The molecule has 12 nitrogen and oxygen atoms in total. The summed E-state index contributed by atoms with van der Waals surface area (Å²) in [4.78, 5) is 18.2. The van der Waals surface area contributed by atoms with Crippen molar-refractivity contribution >= 4 is 50.2 Å². The van der Waals surface area contributed by atoms with Crippen LogP contribution in [0.1, 0.15) is 52.3 Å². The number of aromatic nitrogens is 3. The fraction of sp³-hybridized carbons (Fsp3) is 0.417. The molecule has 0 aliphatic carbocycles. The summed E-state index contributed by atoms with van der Waals surface area (Å²) < 4.78 is 32.7. The summed E-state index contributed by atoms with van der Waals surface area (Å²) in [6.45, 7) is 10.1. The van der Waals surface area contributed by atoms with Gasteiger partial charge in [0.1, 0.15) is 17.3 Å². The SMILES string of the molecule is CCN(CCCS(=O)(=O)O)c1ccc(N=Nc2c(C#N)c(C(C)(C)C)nn2-c2nccs2)c(NC(C)=O)c1. The minimum absolute atomic E-state index is 0.227. The van der Waals surface area contributed by atoms with Gasteiger partial charge in [0.2, 0.25) is 11.0 Å². The third-order valence-electron chi connectivity index (χ3n) is 5.40. The lowest BCUT2D eigenvalue weighted by Gasteiger charge is -2.24. The van der Waals surface area contributed by atoms with E-state index in [1.165, 1.54) is 22.9 Å². The van der Waals surface area contributed by atoms with Crippen LogP contribution in [0.2, 0.25) is 0 Å². The normalized spacial score (nSPS) is 12.0. The Morgan fingerprint density at radius 1 is 1.32 bits per heavy atom. The van der Waals surface area contributed by atoms with Crippen LogP contribution >= 0.6 is 11.3 Å². The molecule has 38 heavy (non-hydrogen) atoms. The Labute approximate surface area is 225 Å². The Morgan fingerprint density at radius 3 is 2.61 bits per heavy atom. The molecule has 0 fully saturated rings. The van der Waals surface area contributed by atoms with Crippen molar-refractivity contribution in [1.82, 2.24) is 14.8 Å². The molecule has 202 valence electrons. The molecule has 3 aromatic rings. The van der Waals surface area contributed by atoms with Gasteiger partial charge in [-0.15, -0.1) is 21.6 Å². The van der Waals surface area contributed by atoms with Crippen LogP contribution in [-0.4, -0.2) is 52.5 Å². The van der Waals surface area contributed by atoms with E-state index in [4.69, 9.17) is 4.55 Å². The fourth-order valence-electron chi connectivity index (χ4n) is 3.69. The molecule has 2 N–H and O–H groups in total. The lowest BCUT2D eigenvalue weighted by Crippen LogP contribution is -2.25. The van der Waals surface area contributed by atoms with Crippen LogP contribution in [0.15, 0.2) is 40.0 Å². The van der Waals surface area contributed by atoms with Crippen LogP contribution in [-0.2, 0) is 20.3 Å². The lowest BCUT2D eigenvalue weighted by atomic mass is 9.90. The number of hydrogen-bond donors (Lipinski definition) is 2. The van der Waals surface area contributed by atoms with E-state index in [9.17, 15) is 18.5 Å². The van der Waals surface area contributed by atoms with Crippen LogP contribution in [0.4, 0.5) is 22.9 Å². The predicted octanol–water partition coefficient (Wildman–Crippen LogP) is 4.98. The van der Waals surface area contributed by atoms with Gasteiger partial charge in [0.05, 0.1) is 17.1 Å². The van der Waals surface area contributed by atoms with Gasteiger partial charge in [-0.3, -0.25) is 9.35 Å². The highest BCUT2D eigenvalue weighted by Crippen LogP contribution is 2.36. The third kappa shape index (κ3) is 7.21. The zero-order valence-electron chi connectivity index (χ0n) is 21.8. The number of nitrogens with zero attached hydrogens (tertiary/aromatic N) is 7. The number of benzene rings is 1. The van der Waals surface area contributed by atoms with Crippen molar-refractivity contribution in [3.05, 3.63) is 41.0 Å². The summed E-state index contributed by atoms with van der Waals surface area (Å²) in [5.41, 5.74) is 1.88. The van der Waals surface area contributed by atoms with Crippen LogP contribution in [0, 0.1) is 11.3 Å². The Morgan fingerprint density at radius 2 is 2.05 bits per heavy atom. The zero-order chi connectivity index (χ0) is 28.1. The van der Waals surface area contributed by atoms with Gasteiger partial charge in [-0.05, 0) is 31.5 Å². The number of hydrogen-bond acceptors (Lipinski definition) is 10. The van der Waals surface area contributed by atoms with Crippen LogP contribution in [0.3, 0.4) is 0 Å². The third-order valence-corrected chi connectivity index (χ3v) is 6.96. The zero-order valence-corrected chi connectivity index (χ0v) is 23.5. The number of nitriles is 1. The quantitative estimate of drug-likeness (QED) is 0.260. The summed E-state index contributed by atoms with van der Waals surface area (Å²) in [6, 6.07) is 7.37. The Hall–Kier alpha value is -3.67. The molecule has 1 aromatic carbocycles. The molecular formula is C24H30N8O4S2. The summed E-state index contributed by atoms with van der Waals surface area (Å²) in [5.74, 6) is -0.432. The highest BCUT2D eigenvalue weighted by atomic mass is 32.2. The molecule has 0 saturated carbocycles. The van der Waals surface area contributed by atoms with E-state index in [1.54, 1.807) is 29.8 Å². The van der Waals surface area contributed by atoms with E-state index in [0.29, 0.717) is 35.3 Å². The number of anilines is 2. The van der Waals surface area contributed by atoms with Crippen molar-refractivity contribution in [2.75, 3.05) is 29.1 Å².